The largest absolute Gasteiger partial charge is 0.493 e. The number of nitro benzene ring substituents is 1. The lowest BCUT2D eigenvalue weighted by Gasteiger charge is -2.30. The van der Waals surface area contributed by atoms with Gasteiger partial charge >= 0.3 is 17.7 Å². The number of urea groups is 1. The van der Waals surface area contributed by atoms with Crippen molar-refractivity contribution in [3.05, 3.63) is 74.5 Å². The topological polar surface area (TPSA) is 129 Å². The highest BCUT2D eigenvalue weighted by Gasteiger charge is 2.36. The van der Waals surface area contributed by atoms with Crippen molar-refractivity contribution in [2.75, 3.05) is 7.11 Å². The average Bonchev–Trinajstić information content (AvgIpc) is 2.82. The lowest BCUT2D eigenvalue weighted by atomic mass is 9.93. The highest BCUT2D eigenvalue weighted by atomic mass is 16.6. The summed E-state index contributed by atoms with van der Waals surface area (Å²) in [4.78, 5) is 37.0. The summed E-state index contributed by atoms with van der Waals surface area (Å²) < 4.78 is 16.8. The second-order valence-electron chi connectivity index (χ2n) is 8.67. The number of hydrogen-bond acceptors (Lipinski definition) is 7. The zero-order valence-electron chi connectivity index (χ0n) is 21.0. The fraction of sp³-hybridized carbons (Fsp3) is 0.385. The Bertz CT molecular complexity index is 1190. The molecule has 2 aromatic rings. The van der Waals surface area contributed by atoms with Crippen LogP contribution in [0.2, 0.25) is 0 Å². The molecule has 0 spiro atoms. The number of rotatable bonds is 10. The molecule has 0 saturated carbocycles. The van der Waals surface area contributed by atoms with E-state index in [2.05, 4.69) is 10.6 Å². The molecule has 3 rings (SSSR count). The van der Waals surface area contributed by atoms with Crippen LogP contribution in [-0.4, -0.2) is 30.1 Å². The molecule has 0 fully saturated rings. The number of amides is 2. The van der Waals surface area contributed by atoms with Gasteiger partial charge in [0.05, 0.1) is 29.8 Å². The summed E-state index contributed by atoms with van der Waals surface area (Å²) in [5.74, 6) is -0.555. The third-order valence-corrected chi connectivity index (χ3v) is 5.66. The van der Waals surface area contributed by atoms with Gasteiger partial charge in [-0.05, 0) is 49.9 Å². The Hall–Kier alpha value is -4.08. The van der Waals surface area contributed by atoms with Crippen molar-refractivity contribution in [2.24, 2.45) is 0 Å². The molecule has 2 amide bonds. The maximum absolute atomic E-state index is 13.1. The minimum absolute atomic E-state index is 0.0427. The molecule has 10 nitrogen and oxygen atoms in total. The van der Waals surface area contributed by atoms with Crippen LogP contribution >= 0.6 is 0 Å². The molecule has 0 aliphatic carbocycles. The van der Waals surface area contributed by atoms with Crippen LogP contribution in [0.1, 0.15) is 56.3 Å². The molecule has 1 aliphatic rings. The van der Waals surface area contributed by atoms with Gasteiger partial charge in [0.25, 0.3) is 0 Å². The normalized spacial score (nSPS) is 15.3. The summed E-state index contributed by atoms with van der Waals surface area (Å²) in [5, 5.41) is 17.4. The predicted octanol–water partition coefficient (Wildman–Crippen LogP) is 4.85. The monoisotopic (exact) mass is 497 g/mol. The van der Waals surface area contributed by atoms with Gasteiger partial charge in [-0.15, -0.1) is 0 Å². The Morgan fingerprint density at radius 2 is 1.94 bits per heavy atom. The molecule has 1 heterocycles. The SMILES string of the molecule is CCCC1=C(C(=O)OC(C)C)C(c2cc(OC)c(OCc3ccccc3C)c([N+](=O)[O-])c2)NC(=O)N1. The fourth-order valence-corrected chi connectivity index (χ4v) is 3.96. The van der Waals surface area contributed by atoms with E-state index < -0.39 is 29.1 Å². The number of esters is 1. The zero-order valence-corrected chi connectivity index (χ0v) is 21.0. The van der Waals surface area contributed by atoms with Crippen LogP contribution in [0.3, 0.4) is 0 Å². The molecule has 10 heteroatoms. The van der Waals surface area contributed by atoms with Crippen molar-refractivity contribution in [1.82, 2.24) is 10.6 Å². The van der Waals surface area contributed by atoms with Gasteiger partial charge in [-0.25, -0.2) is 9.59 Å². The maximum Gasteiger partial charge on any atom is 0.338 e. The van der Waals surface area contributed by atoms with Crippen LogP contribution < -0.4 is 20.1 Å². The highest BCUT2D eigenvalue weighted by molar-refractivity contribution is 5.95. The first-order chi connectivity index (χ1) is 17.2. The van der Waals surface area contributed by atoms with Crippen LogP contribution in [0.25, 0.3) is 0 Å². The predicted molar refractivity (Wildman–Crippen MR) is 133 cm³/mol. The number of carbonyl (C=O) groups excluding carboxylic acids is 2. The Kier molecular flexibility index (Phi) is 8.52. The molecule has 0 bridgehead atoms. The first-order valence-electron chi connectivity index (χ1n) is 11.7. The van der Waals surface area contributed by atoms with E-state index in [1.165, 1.54) is 19.2 Å². The van der Waals surface area contributed by atoms with Crippen molar-refractivity contribution in [2.45, 2.75) is 59.3 Å². The van der Waals surface area contributed by atoms with Crippen LogP contribution in [0.15, 0.2) is 47.7 Å². The Morgan fingerprint density at radius 3 is 2.56 bits per heavy atom. The first kappa shape index (κ1) is 26.5. The van der Waals surface area contributed by atoms with Gasteiger partial charge in [0.2, 0.25) is 5.75 Å². The second kappa shape index (κ2) is 11.6. The minimum atomic E-state index is -0.982. The molecule has 0 radical (unpaired) electrons. The van der Waals surface area contributed by atoms with Gasteiger partial charge < -0.3 is 24.8 Å². The zero-order chi connectivity index (χ0) is 26.4. The molecule has 1 unspecified atom stereocenters. The van der Waals surface area contributed by atoms with Gasteiger partial charge in [0.15, 0.2) is 5.75 Å². The van der Waals surface area contributed by atoms with Crippen LogP contribution in [0, 0.1) is 17.0 Å². The summed E-state index contributed by atoms with van der Waals surface area (Å²) in [6.07, 6.45) is 0.687. The number of nitrogens with zero attached hydrogens (tertiary/aromatic N) is 1. The van der Waals surface area contributed by atoms with Gasteiger partial charge in [-0.1, -0.05) is 37.6 Å². The molecule has 36 heavy (non-hydrogen) atoms. The molecular weight excluding hydrogens is 466 g/mol. The molecular formula is C26H31N3O7. The molecule has 192 valence electrons. The maximum atomic E-state index is 13.1. The molecule has 0 aromatic heterocycles. The number of aryl methyl sites for hydroxylation is 1. The number of hydrogen-bond donors (Lipinski definition) is 2. The van der Waals surface area contributed by atoms with E-state index in [0.29, 0.717) is 24.1 Å². The van der Waals surface area contributed by atoms with E-state index in [1.807, 2.05) is 38.1 Å². The molecule has 2 N–H and O–H groups in total. The van der Waals surface area contributed by atoms with Crippen molar-refractivity contribution in [1.29, 1.82) is 0 Å². The summed E-state index contributed by atoms with van der Waals surface area (Å²) in [6, 6.07) is 8.87. The summed E-state index contributed by atoms with van der Waals surface area (Å²) in [7, 11) is 1.37. The fourth-order valence-electron chi connectivity index (χ4n) is 3.96. The van der Waals surface area contributed by atoms with Gasteiger partial charge in [-0.3, -0.25) is 10.1 Å². The van der Waals surface area contributed by atoms with E-state index >= 15 is 0 Å². The third-order valence-electron chi connectivity index (χ3n) is 5.66. The quantitative estimate of drug-likeness (QED) is 0.273. The number of allylic oxidation sites excluding steroid dienone is 1. The number of nitro groups is 1. The van der Waals surface area contributed by atoms with E-state index in [0.717, 1.165) is 11.1 Å². The lowest BCUT2D eigenvalue weighted by Crippen LogP contribution is -2.46. The van der Waals surface area contributed by atoms with Crippen molar-refractivity contribution >= 4 is 17.7 Å². The number of ether oxygens (including phenoxy) is 3. The molecule has 2 aromatic carbocycles. The van der Waals surface area contributed by atoms with Crippen molar-refractivity contribution in [3.63, 3.8) is 0 Å². The average molecular weight is 498 g/mol. The number of carbonyl (C=O) groups is 2. The van der Waals surface area contributed by atoms with E-state index in [4.69, 9.17) is 14.2 Å². The standard InChI is InChI=1S/C26H31N3O7/c1-6-9-19-22(25(30)36-15(2)3)23(28-26(31)27-19)18-12-20(29(32)33)24(21(13-18)34-5)35-14-17-11-8-7-10-16(17)4/h7-8,10-13,15,23H,6,9,14H2,1-5H3,(H2,27,28,31). The third kappa shape index (κ3) is 5.94. The van der Waals surface area contributed by atoms with Crippen LogP contribution in [0.4, 0.5) is 10.5 Å². The summed E-state index contributed by atoms with van der Waals surface area (Å²) >= 11 is 0. The molecule has 1 aliphatic heterocycles. The smallest absolute Gasteiger partial charge is 0.338 e. The molecule has 0 saturated heterocycles. The number of benzene rings is 2. The summed E-state index contributed by atoms with van der Waals surface area (Å²) in [6.45, 7) is 7.37. The van der Waals surface area contributed by atoms with Crippen molar-refractivity contribution in [3.8, 4) is 11.5 Å². The number of methoxy groups -OCH3 is 1. The Labute approximate surface area is 209 Å². The summed E-state index contributed by atoms with van der Waals surface area (Å²) in [5.41, 5.74) is 2.40. The van der Waals surface area contributed by atoms with Gasteiger partial charge in [-0.2, -0.15) is 0 Å². The lowest BCUT2D eigenvalue weighted by molar-refractivity contribution is -0.386. The van der Waals surface area contributed by atoms with Crippen molar-refractivity contribution < 1.29 is 28.7 Å². The number of nitrogens with one attached hydrogen (secondary N) is 2. The van der Waals surface area contributed by atoms with Crippen LogP contribution in [0.5, 0.6) is 11.5 Å². The van der Waals surface area contributed by atoms with Crippen LogP contribution in [-0.2, 0) is 16.1 Å². The molecule has 1 atom stereocenters. The van der Waals surface area contributed by atoms with Gasteiger partial charge in [0.1, 0.15) is 6.61 Å². The minimum Gasteiger partial charge on any atom is -0.493 e. The first-order valence-corrected chi connectivity index (χ1v) is 11.7. The van der Waals surface area contributed by atoms with E-state index in [9.17, 15) is 19.7 Å². The Balaban J connectivity index is 2.10. The van der Waals surface area contributed by atoms with Gasteiger partial charge in [0, 0.05) is 11.8 Å². The second-order valence-corrected chi connectivity index (χ2v) is 8.67. The Morgan fingerprint density at radius 1 is 1.22 bits per heavy atom. The van der Waals surface area contributed by atoms with E-state index in [1.54, 1.807) is 13.8 Å². The van der Waals surface area contributed by atoms with E-state index in [-0.39, 0.29) is 29.4 Å². The highest BCUT2D eigenvalue weighted by Crippen LogP contribution is 2.42.